The van der Waals surface area contributed by atoms with Crippen LogP contribution in [0.2, 0.25) is 0 Å². The van der Waals surface area contributed by atoms with Gasteiger partial charge < -0.3 is 9.84 Å². The molecular formula is C10H10N2O2. The topological polar surface area (TPSA) is 47.3 Å². The number of aromatic hydroxyl groups is 1. The van der Waals surface area contributed by atoms with Gasteiger partial charge in [-0.15, -0.1) is 0 Å². The quantitative estimate of drug-likeness (QED) is 0.782. The number of aromatic nitrogens is 2. The Kier molecular flexibility index (Phi) is 2.10. The van der Waals surface area contributed by atoms with E-state index in [0.29, 0.717) is 5.75 Å². The summed E-state index contributed by atoms with van der Waals surface area (Å²) < 4.78 is 6.81. The summed E-state index contributed by atoms with van der Waals surface area (Å²) in [6, 6.07) is 6.73. The predicted octanol–water partition coefficient (Wildman–Crippen LogP) is 1.59. The fraction of sp³-hybridized carbons (Fsp3) is 0.100. The van der Waals surface area contributed by atoms with Crippen molar-refractivity contribution in [3.63, 3.8) is 0 Å². The van der Waals surface area contributed by atoms with Gasteiger partial charge in [0.05, 0.1) is 7.11 Å². The van der Waals surface area contributed by atoms with E-state index < -0.39 is 0 Å². The van der Waals surface area contributed by atoms with Gasteiger partial charge in [-0.1, -0.05) is 0 Å². The van der Waals surface area contributed by atoms with E-state index in [2.05, 4.69) is 5.10 Å². The van der Waals surface area contributed by atoms with E-state index in [-0.39, 0.29) is 5.75 Å². The highest BCUT2D eigenvalue weighted by Gasteiger charge is 2.05. The molecule has 72 valence electrons. The van der Waals surface area contributed by atoms with E-state index in [0.717, 1.165) is 5.69 Å². The summed E-state index contributed by atoms with van der Waals surface area (Å²) in [7, 11) is 1.56. The number of methoxy groups -OCH3 is 1. The Labute approximate surface area is 81.4 Å². The van der Waals surface area contributed by atoms with Crippen molar-refractivity contribution in [1.29, 1.82) is 0 Å². The zero-order chi connectivity index (χ0) is 9.97. The van der Waals surface area contributed by atoms with Crippen LogP contribution in [-0.4, -0.2) is 22.0 Å². The van der Waals surface area contributed by atoms with Crippen LogP contribution >= 0.6 is 0 Å². The van der Waals surface area contributed by atoms with Gasteiger partial charge in [-0.3, -0.25) is 0 Å². The summed E-state index contributed by atoms with van der Waals surface area (Å²) in [5.74, 6) is 0.770. The molecule has 4 nitrogen and oxygen atoms in total. The summed E-state index contributed by atoms with van der Waals surface area (Å²) in [4.78, 5) is 0. The third-order valence-electron chi connectivity index (χ3n) is 1.91. The second-order valence-electron chi connectivity index (χ2n) is 2.81. The summed E-state index contributed by atoms with van der Waals surface area (Å²) in [5.41, 5.74) is 0.801. The van der Waals surface area contributed by atoms with Crippen molar-refractivity contribution in [2.24, 2.45) is 0 Å². The molecule has 1 N–H and O–H groups in total. The molecule has 1 aromatic heterocycles. The van der Waals surface area contributed by atoms with Crippen LogP contribution in [0.3, 0.4) is 0 Å². The Morgan fingerprint density at radius 3 is 2.93 bits per heavy atom. The Morgan fingerprint density at radius 1 is 1.43 bits per heavy atom. The van der Waals surface area contributed by atoms with Crippen molar-refractivity contribution in [3.05, 3.63) is 36.7 Å². The number of rotatable bonds is 2. The predicted molar refractivity (Wildman–Crippen MR) is 51.8 cm³/mol. The number of phenolic OH excluding ortho intramolecular Hbond substituents is 1. The minimum absolute atomic E-state index is 0.178. The highest BCUT2D eigenvalue weighted by atomic mass is 16.5. The molecule has 1 heterocycles. The molecule has 0 saturated carbocycles. The van der Waals surface area contributed by atoms with Gasteiger partial charge in [-0.05, 0) is 18.2 Å². The fourth-order valence-electron chi connectivity index (χ4n) is 1.27. The normalized spacial score (nSPS) is 10.1. The van der Waals surface area contributed by atoms with E-state index in [4.69, 9.17) is 4.74 Å². The monoisotopic (exact) mass is 190 g/mol. The average molecular weight is 190 g/mol. The molecule has 0 spiro atoms. The highest BCUT2D eigenvalue weighted by molar-refractivity contribution is 5.49. The van der Waals surface area contributed by atoms with Crippen LogP contribution in [0.4, 0.5) is 0 Å². The summed E-state index contributed by atoms with van der Waals surface area (Å²) in [6.07, 6.45) is 3.50. The Bertz CT molecular complexity index is 424. The Balaban J connectivity index is 2.53. The van der Waals surface area contributed by atoms with Crippen molar-refractivity contribution in [1.82, 2.24) is 9.78 Å². The molecule has 1 aromatic carbocycles. The molecule has 4 heteroatoms. The standard InChI is InChI=1S/C10H10N2O2/c1-14-10-7-8(13)3-4-9(10)12-6-2-5-11-12/h2-7,13H,1H3. The molecule has 0 aliphatic carbocycles. The molecule has 14 heavy (non-hydrogen) atoms. The summed E-state index contributed by atoms with van der Waals surface area (Å²) >= 11 is 0. The zero-order valence-electron chi connectivity index (χ0n) is 7.71. The van der Waals surface area contributed by atoms with Gasteiger partial charge in [0.1, 0.15) is 17.2 Å². The van der Waals surface area contributed by atoms with Crippen molar-refractivity contribution in [2.45, 2.75) is 0 Å². The van der Waals surface area contributed by atoms with Crippen LogP contribution in [0.5, 0.6) is 11.5 Å². The Hall–Kier alpha value is -1.97. The first-order valence-electron chi connectivity index (χ1n) is 4.18. The lowest BCUT2D eigenvalue weighted by Gasteiger charge is -2.08. The van der Waals surface area contributed by atoms with E-state index in [1.54, 1.807) is 36.2 Å². The number of phenols is 1. The third kappa shape index (κ3) is 1.42. The zero-order valence-corrected chi connectivity index (χ0v) is 7.71. The molecule has 0 aliphatic heterocycles. The molecule has 0 radical (unpaired) electrons. The highest BCUT2D eigenvalue weighted by Crippen LogP contribution is 2.26. The second kappa shape index (κ2) is 3.41. The minimum atomic E-state index is 0.178. The molecule has 2 rings (SSSR count). The summed E-state index contributed by atoms with van der Waals surface area (Å²) in [5, 5.41) is 13.3. The molecule has 0 bridgehead atoms. The van der Waals surface area contributed by atoms with E-state index >= 15 is 0 Å². The molecule has 0 unspecified atom stereocenters. The fourth-order valence-corrected chi connectivity index (χ4v) is 1.27. The number of benzene rings is 1. The van der Waals surface area contributed by atoms with Crippen LogP contribution in [0.25, 0.3) is 5.69 Å². The lowest BCUT2D eigenvalue weighted by atomic mass is 10.3. The third-order valence-corrected chi connectivity index (χ3v) is 1.91. The van der Waals surface area contributed by atoms with Crippen molar-refractivity contribution >= 4 is 0 Å². The van der Waals surface area contributed by atoms with Crippen molar-refractivity contribution in [3.8, 4) is 17.2 Å². The second-order valence-corrected chi connectivity index (χ2v) is 2.81. The first kappa shape index (κ1) is 8.62. The first-order valence-corrected chi connectivity index (χ1v) is 4.18. The lowest BCUT2D eigenvalue weighted by molar-refractivity contribution is 0.405. The Morgan fingerprint density at radius 2 is 2.29 bits per heavy atom. The van der Waals surface area contributed by atoms with Gasteiger partial charge in [-0.25, -0.2) is 4.68 Å². The van der Waals surface area contributed by atoms with Gasteiger partial charge in [-0.2, -0.15) is 5.10 Å². The average Bonchev–Trinajstić information content (AvgIpc) is 2.70. The van der Waals surface area contributed by atoms with E-state index in [1.807, 2.05) is 12.3 Å². The van der Waals surface area contributed by atoms with Crippen LogP contribution in [0.1, 0.15) is 0 Å². The van der Waals surface area contributed by atoms with Crippen molar-refractivity contribution in [2.75, 3.05) is 7.11 Å². The largest absolute Gasteiger partial charge is 0.508 e. The maximum atomic E-state index is 9.26. The number of hydrogen-bond acceptors (Lipinski definition) is 3. The molecule has 0 aliphatic rings. The van der Waals surface area contributed by atoms with Crippen LogP contribution < -0.4 is 4.74 Å². The smallest absolute Gasteiger partial charge is 0.148 e. The van der Waals surface area contributed by atoms with Gasteiger partial charge >= 0.3 is 0 Å². The SMILES string of the molecule is COc1cc(O)ccc1-n1cccn1. The van der Waals surface area contributed by atoms with E-state index in [1.165, 1.54) is 0 Å². The first-order chi connectivity index (χ1) is 6.81. The number of hydrogen-bond donors (Lipinski definition) is 1. The van der Waals surface area contributed by atoms with Crippen LogP contribution in [0, 0.1) is 0 Å². The molecule has 0 fully saturated rings. The maximum absolute atomic E-state index is 9.26. The molecular weight excluding hydrogens is 180 g/mol. The van der Waals surface area contributed by atoms with Gasteiger partial charge in [0, 0.05) is 18.5 Å². The summed E-state index contributed by atoms with van der Waals surface area (Å²) in [6.45, 7) is 0. The van der Waals surface area contributed by atoms with Crippen LogP contribution in [-0.2, 0) is 0 Å². The lowest BCUT2D eigenvalue weighted by Crippen LogP contribution is -1.97. The maximum Gasteiger partial charge on any atom is 0.148 e. The van der Waals surface area contributed by atoms with Gasteiger partial charge in [0.2, 0.25) is 0 Å². The van der Waals surface area contributed by atoms with E-state index in [9.17, 15) is 5.11 Å². The van der Waals surface area contributed by atoms with Gasteiger partial charge in [0.15, 0.2) is 0 Å². The molecule has 2 aromatic rings. The minimum Gasteiger partial charge on any atom is -0.508 e. The van der Waals surface area contributed by atoms with Gasteiger partial charge in [0.25, 0.3) is 0 Å². The molecule has 0 amide bonds. The number of ether oxygens (including phenoxy) is 1. The van der Waals surface area contributed by atoms with Crippen LogP contribution in [0.15, 0.2) is 36.7 Å². The molecule has 0 saturated heterocycles. The number of nitrogens with zero attached hydrogens (tertiary/aromatic N) is 2. The van der Waals surface area contributed by atoms with Crippen molar-refractivity contribution < 1.29 is 9.84 Å². The molecule has 0 atom stereocenters.